The first-order chi connectivity index (χ1) is 22.5. The second kappa shape index (κ2) is 12.7. The van der Waals surface area contributed by atoms with E-state index in [1.54, 1.807) is 32.9 Å². The molecule has 1 saturated heterocycles. The Balaban J connectivity index is 1.41. The van der Waals surface area contributed by atoms with E-state index in [9.17, 15) is 24.3 Å². The van der Waals surface area contributed by atoms with E-state index < -0.39 is 31.5 Å². The lowest BCUT2D eigenvalue weighted by Crippen LogP contribution is -2.46. The van der Waals surface area contributed by atoms with Crippen LogP contribution in [0.5, 0.6) is 5.75 Å². The van der Waals surface area contributed by atoms with Gasteiger partial charge in [0.15, 0.2) is 20.5 Å². The van der Waals surface area contributed by atoms with Crippen molar-refractivity contribution in [3.63, 3.8) is 0 Å². The molecule has 246 valence electrons. The highest BCUT2D eigenvalue weighted by Gasteiger charge is 2.66. The van der Waals surface area contributed by atoms with Gasteiger partial charge < -0.3 is 29.2 Å². The number of hydrogen-bond acceptors (Lipinski definition) is 7. The molecule has 0 aromatic heterocycles. The van der Waals surface area contributed by atoms with Crippen LogP contribution in [0, 0.1) is 5.92 Å². The molecule has 4 atom stereocenters. The first-order valence-electron chi connectivity index (χ1n) is 16.0. The van der Waals surface area contributed by atoms with E-state index in [2.05, 4.69) is 6.58 Å². The summed E-state index contributed by atoms with van der Waals surface area (Å²) in [5.41, 5.74) is 1.31. The summed E-state index contributed by atoms with van der Waals surface area (Å²) in [5.74, 6) is -0.708. The number of amides is 3. The molecule has 10 nitrogen and oxygen atoms in total. The zero-order chi connectivity index (χ0) is 33.5. The van der Waals surface area contributed by atoms with Gasteiger partial charge in [-0.25, -0.2) is 0 Å². The Hall–Kier alpha value is -4.29. The zero-order valence-electron chi connectivity index (χ0n) is 27.0. The van der Waals surface area contributed by atoms with Crippen molar-refractivity contribution in [2.45, 2.75) is 50.2 Å². The second-order valence-corrected chi connectivity index (χ2v) is 17.0. The van der Waals surface area contributed by atoms with Crippen molar-refractivity contribution >= 4 is 43.1 Å². The molecule has 47 heavy (non-hydrogen) atoms. The van der Waals surface area contributed by atoms with Gasteiger partial charge >= 0.3 is 0 Å². The molecule has 3 amide bonds. The average molecular weight is 656 g/mol. The quantitative estimate of drug-likeness (QED) is 0.244. The molecule has 1 fully saturated rings. The van der Waals surface area contributed by atoms with Gasteiger partial charge in [0.25, 0.3) is 11.8 Å². The minimum Gasteiger partial charge on any atom is -0.482 e. The third-order valence-corrected chi connectivity index (χ3v) is 12.1. The topological polar surface area (TPSA) is 120 Å². The SMILES string of the molecule is C=CCN1C(=O)[C@]2(O[C@H](CC(=O)N(CCO)Cc3ccccc3)[C@@H]([Si](C)(C)O)[C@@H]2C)c2cc(N3C(=O)COc4ccccc43)ccc21. The number of benzene rings is 3. The third kappa shape index (κ3) is 5.67. The van der Waals surface area contributed by atoms with Crippen molar-refractivity contribution in [3.8, 4) is 5.75 Å². The van der Waals surface area contributed by atoms with Crippen molar-refractivity contribution < 1.29 is 33.8 Å². The molecule has 2 N–H and O–H groups in total. The number of nitrogens with zero attached hydrogens (tertiary/aromatic N) is 3. The van der Waals surface area contributed by atoms with Crippen LogP contribution in [0.3, 0.4) is 0 Å². The maximum absolute atomic E-state index is 14.6. The highest BCUT2D eigenvalue weighted by Crippen LogP contribution is 2.60. The van der Waals surface area contributed by atoms with Gasteiger partial charge in [0.1, 0.15) is 5.75 Å². The van der Waals surface area contributed by atoms with Gasteiger partial charge in [0, 0.05) is 42.3 Å². The summed E-state index contributed by atoms with van der Waals surface area (Å²) in [5, 5.41) is 9.80. The summed E-state index contributed by atoms with van der Waals surface area (Å²) in [7, 11) is -3.05. The van der Waals surface area contributed by atoms with E-state index >= 15 is 0 Å². The number of fused-ring (bicyclic) bond motifs is 3. The lowest BCUT2D eigenvalue weighted by atomic mass is 9.82. The Morgan fingerprint density at radius 1 is 1.09 bits per heavy atom. The molecule has 0 saturated carbocycles. The predicted octanol–water partition coefficient (Wildman–Crippen LogP) is 4.49. The van der Waals surface area contributed by atoms with Crippen molar-refractivity contribution in [1.82, 2.24) is 4.90 Å². The Kier molecular flexibility index (Phi) is 8.83. The number of aliphatic hydroxyl groups is 1. The Labute approximate surface area is 275 Å². The largest absolute Gasteiger partial charge is 0.482 e. The molecule has 3 aliphatic heterocycles. The Morgan fingerprint density at radius 3 is 2.51 bits per heavy atom. The van der Waals surface area contributed by atoms with Gasteiger partial charge in [-0.2, -0.15) is 0 Å². The number of carbonyl (C=O) groups excluding carboxylic acids is 3. The van der Waals surface area contributed by atoms with Crippen LogP contribution in [0.25, 0.3) is 0 Å². The monoisotopic (exact) mass is 655 g/mol. The number of carbonyl (C=O) groups is 3. The minimum atomic E-state index is -3.05. The normalized spacial score (nSPS) is 23.5. The molecule has 11 heteroatoms. The number of rotatable bonds is 10. The smallest absolute Gasteiger partial charge is 0.269 e. The van der Waals surface area contributed by atoms with Crippen LogP contribution in [0.15, 0.2) is 85.5 Å². The average Bonchev–Trinajstić information content (AvgIpc) is 3.47. The maximum Gasteiger partial charge on any atom is 0.269 e. The summed E-state index contributed by atoms with van der Waals surface area (Å²) >= 11 is 0. The van der Waals surface area contributed by atoms with Gasteiger partial charge in [-0.1, -0.05) is 55.5 Å². The molecule has 3 aromatic rings. The Bertz CT molecular complexity index is 1690. The van der Waals surface area contributed by atoms with Gasteiger partial charge in [0.05, 0.1) is 30.5 Å². The number of para-hydroxylation sites is 2. The summed E-state index contributed by atoms with van der Waals surface area (Å²) < 4.78 is 12.5. The van der Waals surface area contributed by atoms with Crippen molar-refractivity contribution in [1.29, 1.82) is 0 Å². The van der Waals surface area contributed by atoms with Crippen LogP contribution in [-0.2, 0) is 31.3 Å². The van der Waals surface area contributed by atoms with Crippen LogP contribution in [0.4, 0.5) is 17.1 Å². The van der Waals surface area contributed by atoms with Crippen molar-refractivity contribution in [2.75, 3.05) is 36.1 Å². The maximum atomic E-state index is 14.6. The predicted molar refractivity (Wildman–Crippen MR) is 181 cm³/mol. The molecule has 0 bridgehead atoms. The number of anilines is 3. The number of ether oxygens (including phenoxy) is 2. The minimum absolute atomic E-state index is 0.0698. The molecule has 1 spiro atoms. The van der Waals surface area contributed by atoms with Crippen LogP contribution in [0.1, 0.15) is 24.5 Å². The van der Waals surface area contributed by atoms with E-state index in [4.69, 9.17) is 9.47 Å². The fourth-order valence-electron chi connectivity index (χ4n) is 7.62. The molecule has 3 aliphatic rings. The highest BCUT2D eigenvalue weighted by molar-refractivity contribution is 6.71. The molecule has 3 aromatic carbocycles. The standard InChI is InChI=1S/C36H41N3O7Si/c1-5-17-38-28-16-15-26(39-29-13-9-10-14-30(29)45-23-33(39)42)20-27(28)36(35(38)43)24(2)34(47(3,4)44)31(46-36)21-32(41)37(18-19-40)22-25-11-7-6-8-12-25/h5-16,20,24,31,34,40,44H,1,17-19,21-23H2,2-4H3/t24-,31+,34-,36+/m0/s1. The fraction of sp³-hybridized carbons (Fsp3) is 0.361. The molecule has 3 heterocycles. The van der Waals surface area contributed by atoms with Crippen LogP contribution < -0.4 is 14.5 Å². The highest BCUT2D eigenvalue weighted by atomic mass is 28.4. The van der Waals surface area contributed by atoms with E-state index in [1.165, 1.54) is 0 Å². The second-order valence-electron chi connectivity index (χ2n) is 13.0. The molecule has 0 radical (unpaired) electrons. The van der Waals surface area contributed by atoms with Gasteiger partial charge in [-0.05, 0) is 49.0 Å². The van der Waals surface area contributed by atoms with Gasteiger partial charge in [-0.15, -0.1) is 6.58 Å². The molecular formula is C36H41N3O7Si. The van der Waals surface area contributed by atoms with Crippen LogP contribution in [0.2, 0.25) is 18.6 Å². The molecular weight excluding hydrogens is 614 g/mol. The van der Waals surface area contributed by atoms with E-state index in [1.807, 2.05) is 80.7 Å². The van der Waals surface area contributed by atoms with Gasteiger partial charge in [-0.3, -0.25) is 19.3 Å². The van der Waals surface area contributed by atoms with Crippen LogP contribution >= 0.6 is 0 Å². The Morgan fingerprint density at radius 2 is 1.81 bits per heavy atom. The fourth-order valence-corrected chi connectivity index (χ4v) is 10.2. The molecule has 6 rings (SSSR count). The summed E-state index contributed by atoms with van der Waals surface area (Å²) in [4.78, 5) is 58.2. The third-order valence-electron chi connectivity index (χ3n) is 9.56. The summed E-state index contributed by atoms with van der Waals surface area (Å²) in [6.07, 6.45) is 0.811. The zero-order valence-corrected chi connectivity index (χ0v) is 28.0. The molecule has 0 aliphatic carbocycles. The first-order valence-corrected chi connectivity index (χ1v) is 19.0. The number of hydrogen-bond donors (Lipinski definition) is 2. The van der Waals surface area contributed by atoms with Gasteiger partial charge in [0.2, 0.25) is 5.91 Å². The first kappa shape index (κ1) is 32.6. The van der Waals surface area contributed by atoms with E-state index in [0.29, 0.717) is 34.9 Å². The van der Waals surface area contributed by atoms with Crippen molar-refractivity contribution in [2.24, 2.45) is 5.92 Å². The van der Waals surface area contributed by atoms with E-state index in [-0.39, 0.29) is 50.4 Å². The van der Waals surface area contributed by atoms with Crippen molar-refractivity contribution in [3.05, 3.63) is 96.6 Å². The summed E-state index contributed by atoms with van der Waals surface area (Å²) in [6, 6.07) is 22.3. The molecule has 0 unspecified atom stereocenters. The lowest BCUT2D eigenvalue weighted by Gasteiger charge is -2.33. The number of aliphatic hydroxyl groups excluding tert-OH is 1. The summed E-state index contributed by atoms with van der Waals surface area (Å²) in [6.45, 7) is 9.75. The lowest BCUT2D eigenvalue weighted by molar-refractivity contribution is -0.149. The van der Waals surface area contributed by atoms with E-state index in [0.717, 1.165) is 5.56 Å². The van der Waals surface area contributed by atoms with Crippen LogP contribution in [-0.4, -0.2) is 73.2 Å².